The van der Waals surface area contributed by atoms with Crippen LogP contribution in [0, 0.1) is 0 Å². The molecule has 0 heterocycles. The summed E-state index contributed by atoms with van der Waals surface area (Å²) >= 11 is 0. The Labute approximate surface area is 164 Å². The molecule has 0 aromatic heterocycles. The molecule has 2 heteroatoms. The zero-order valence-electron chi connectivity index (χ0n) is 18.2. The topological polar surface area (TPSA) is 18.5 Å². The Bertz CT molecular complexity index is 777. The van der Waals surface area contributed by atoms with E-state index in [0.29, 0.717) is 0 Å². The van der Waals surface area contributed by atoms with Crippen LogP contribution in [-0.2, 0) is 30.1 Å². The second kappa shape index (κ2) is 6.89. The molecule has 0 bridgehead atoms. The molecule has 1 aliphatic carbocycles. The molecule has 0 fully saturated rings. The molecule has 1 aliphatic rings. The minimum Gasteiger partial charge on any atom is -0.496 e. The van der Waals surface area contributed by atoms with Crippen LogP contribution in [0.15, 0.2) is 24.3 Å². The lowest BCUT2D eigenvalue weighted by atomic mass is 9.82. The maximum Gasteiger partial charge on any atom is 0.122 e. The van der Waals surface area contributed by atoms with Gasteiger partial charge in [0.2, 0.25) is 0 Å². The molecule has 0 saturated carbocycles. The Morgan fingerprint density at radius 1 is 0.630 bits per heavy atom. The molecule has 0 unspecified atom stereocenters. The van der Waals surface area contributed by atoms with Gasteiger partial charge in [-0.15, -0.1) is 0 Å². The predicted molar refractivity (Wildman–Crippen MR) is 114 cm³/mol. The van der Waals surface area contributed by atoms with E-state index in [4.69, 9.17) is 9.47 Å². The molecule has 3 rings (SSSR count). The molecule has 0 aliphatic heterocycles. The van der Waals surface area contributed by atoms with E-state index >= 15 is 0 Å². The second-order valence-corrected chi connectivity index (χ2v) is 9.81. The van der Waals surface area contributed by atoms with Crippen molar-refractivity contribution in [3.63, 3.8) is 0 Å². The maximum absolute atomic E-state index is 5.81. The first-order valence-electron chi connectivity index (χ1n) is 9.95. The van der Waals surface area contributed by atoms with Crippen LogP contribution in [0.2, 0.25) is 0 Å². The van der Waals surface area contributed by atoms with E-state index in [1.54, 1.807) is 14.2 Å². The zero-order chi connectivity index (χ0) is 20.0. The number of rotatable bonds is 2. The van der Waals surface area contributed by atoms with Gasteiger partial charge in [-0.1, -0.05) is 53.7 Å². The van der Waals surface area contributed by atoms with Crippen LogP contribution >= 0.6 is 0 Å². The average molecular weight is 367 g/mol. The van der Waals surface area contributed by atoms with Gasteiger partial charge in [-0.3, -0.25) is 0 Å². The van der Waals surface area contributed by atoms with Crippen molar-refractivity contribution < 1.29 is 9.47 Å². The lowest BCUT2D eigenvalue weighted by molar-refractivity contribution is 0.404. The number of hydrogen-bond acceptors (Lipinski definition) is 2. The lowest BCUT2D eigenvalue weighted by Gasteiger charge is -2.24. The molecular weight excluding hydrogens is 332 g/mol. The van der Waals surface area contributed by atoms with Crippen molar-refractivity contribution in [1.29, 1.82) is 0 Å². The largest absolute Gasteiger partial charge is 0.496 e. The van der Waals surface area contributed by atoms with E-state index < -0.39 is 0 Å². The van der Waals surface area contributed by atoms with Crippen LogP contribution < -0.4 is 9.47 Å². The minimum atomic E-state index is 0.0996. The van der Waals surface area contributed by atoms with Crippen molar-refractivity contribution in [1.82, 2.24) is 0 Å². The highest BCUT2D eigenvalue weighted by Crippen LogP contribution is 2.39. The Kier molecular flexibility index (Phi) is 5.05. The van der Waals surface area contributed by atoms with Gasteiger partial charge in [-0.25, -0.2) is 0 Å². The van der Waals surface area contributed by atoms with Crippen molar-refractivity contribution in [2.75, 3.05) is 14.2 Å². The van der Waals surface area contributed by atoms with E-state index in [-0.39, 0.29) is 10.8 Å². The van der Waals surface area contributed by atoms with Crippen LogP contribution in [0.1, 0.15) is 74.9 Å². The van der Waals surface area contributed by atoms with Gasteiger partial charge in [0, 0.05) is 0 Å². The maximum atomic E-state index is 5.81. The van der Waals surface area contributed by atoms with E-state index in [1.807, 2.05) is 0 Å². The van der Waals surface area contributed by atoms with Crippen LogP contribution in [0.4, 0.5) is 0 Å². The van der Waals surface area contributed by atoms with E-state index in [2.05, 4.69) is 65.8 Å². The first kappa shape index (κ1) is 19.8. The summed E-state index contributed by atoms with van der Waals surface area (Å²) in [5.74, 6) is 2.06. The van der Waals surface area contributed by atoms with E-state index in [1.165, 1.54) is 33.4 Å². The fraction of sp³-hybridized carbons (Fsp3) is 0.520. The average Bonchev–Trinajstić information content (AvgIpc) is 2.77. The van der Waals surface area contributed by atoms with Crippen molar-refractivity contribution in [2.24, 2.45) is 0 Å². The first-order valence-corrected chi connectivity index (χ1v) is 9.95. The fourth-order valence-electron chi connectivity index (χ4n) is 3.97. The molecular formula is C25H34O2. The summed E-state index contributed by atoms with van der Waals surface area (Å²) in [6.45, 7) is 13.6. The number of methoxy groups -OCH3 is 2. The molecule has 0 spiro atoms. The van der Waals surface area contributed by atoms with Crippen molar-refractivity contribution >= 4 is 0 Å². The predicted octanol–water partition coefficient (Wildman–Crippen LogP) is 5.99. The zero-order valence-corrected chi connectivity index (χ0v) is 18.2. The fourth-order valence-corrected chi connectivity index (χ4v) is 3.97. The van der Waals surface area contributed by atoms with E-state index in [9.17, 15) is 0 Å². The smallest absolute Gasteiger partial charge is 0.122 e. The summed E-state index contributed by atoms with van der Waals surface area (Å²) in [7, 11) is 3.58. The number of benzene rings is 2. The highest BCUT2D eigenvalue weighted by molar-refractivity contribution is 5.54. The quantitative estimate of drug-likeness (QED) is 0.650. The molecule has 0 saturated heterocycles. The molecule has 27 heavy (non-hydrogen) atoms. The van der Waals surface area contributed by atoms with Crippen LogP contribution in [0.5, 0.6) is 11.5 Å². The van der Waals surface area contributed by atoms with Crippen LogP contribution in [-0.4, -0.2) is 14.2 Å². The van der Waals surface area contributed by atoms with Gasteiger partial charge < -0.3 is 9.47 Å². The standard InChI is InChI=1S/C25H34O2/c1-24(2,3)18-12-16-11-17-13-19(25(4,5)6)15-23(27-8)21(17)10-9-20(16)22(14-18)26-7/h12-15H,9-11H2,1-8H3. The Hall–Kier alpha value is -1.96. The van der Waals surface area contributed by atoms with Gasteiger partial charge in [-0.05, 0) is 75.6 Å². The monoisotopic (exact) mass is 366 g/mol. The van der Waals surface area contributed by atoms with Crippen LogP contribution in [0.25, 0.3) is 0 Å². The second-order valence-electron chi connectivity index (χ2n) is 9.81. The summed E-state index contributed by atoms with van der Waals surface area (Å²) in [5.41, 5.74) is 8.35. The Morgan fingerprint density at radius 3 is 1.30 bits per heavy atom. The highest BCUT2D eigenvalue weighted by Gasteiger charge is 2.25. The summed E-state index contributed by atoms with van der Waals surface area (Å²) in [4.78, 5) is 0. The van der Waals surface area contributed by atoms with E-state index in [0.717, 1.165) is 30.8 Å². The van der Waals surface area contributed by atoms with Gasteiger partial charge in [-0.2, -0.15) is 0 Å². The normalized spacial score (nSPS) is 14.2. The Balaban J connectivity index is 2.18. The molecule has 146 valence electrons. The molecule has 2 aromatic carbocycles. The van der Waals surface area contributed by atoms with Crippen molar-refractivity contribution in [2.45, 2.75) is 71.6 Å². The van der Waals surface area contributed by atoms with Gasteiger partial charge in [0.15, 0.2) is 0 Å². The first-order chi connectivity index (χ1) is 12.5. The summed E-state index contributed by atoms with van der Waals surface area (Å²) in [6, 6.07) is 9.24. The van der Waals surface area contributed by atoms with Gasteiger partial charge in [0.1, 0.15) is 11.5 Å². The highest BCUT2D eigenvalue weighted by atomic mass is 16.5. The molecule has 0 N–H and O–H groups in total. The third kappa shape index (κ3) is 3.85. The van der Waals surface area contributed by atoms with Crippen molar-refractivity contribution in [3.05, 3.63) is 57.6 Å². The summed E-state index contributed by atoms with van der Waals surface area (Å²) in [6.07, 6.45) is 2.91. The third-order valence-electron chi connectivity index (χ3n) is 5.78. The SMILES string of the molecule is COc1cc(C(C)(C)C)cc2c1CCc1c(cc(C(C)(C)C)cc1OC)C2. The van der Waals surface area contributed by atoms with Crippen LogP contribution in [0.3, 0.4) is 0 Å². The third-order valence-corrected chi connectivity index (χ3v) is 5.78. The molecule has 0 radical (unpaired) electrons. The number of hydrogen-bond donors (Lipinski definition) is 0. The minimum absolute atomic E-state index is 0.0996. The number of fused-ring (bicyclic) bond motifs is 2. The number of ether oxygens (including phenoxy) is 2. The van der Waals surface area contributed by atoms with Gasteiger partial charge in [0.05, 0.1) is 14.2 Å². The lowest BCUT2D eigenvalue weighted by Crippen LogP contribution is -2.13. The van der Waals surface area contributed by atoms with Gasteiger partial charge >= 0.3 is 0 Å². The van der Waals surface area contributed by atoms with Crippen molar-refractivity contribution in [3.8, 4) is 11.5 Å². The summed E-state index contributed by atoms with van der Waals surface area (Å²) < 4.78 is 11.6. The molecule has 2 nitrogen and oxygen atoms in total. The summed E-state index contributed by atoms with van der Waals surface area (Å²) in [5, 5.41) is 0. The Morgan fingerprint density at radius 2 is 1.00 bits per heavy atom. The van der Waals surface area contributed by atoms with Gasteiger partial charge in [0.25, 0.3) is 0 Å². The molecule has 0 amide bonds. The molecule has 0 atom stereocenters. The molecule has 2 aromatic rings.